The molecule has 19 heavy (non-hydrogen) atoms. The van der Waals surface area contributed by atoms with E-state index in [0.717, 1.165) is 25.4 Å². The number of hydrogen-bond acceptors (Lipinski definition) is 3. The Morgan fingerprint density at radius 1 is 1.42 bits per heavy atom. The van der Waals surface area contributed by atoms with Gasteiger partial charge in [-0.25, -0.2) is 4.98 Å². The molecule has 0 saturated heterocycles. The zero-order valence-corrected chi connectivity index (χ0v) is 11.8. The van der Waals surface area contributed by atoms with Gasteiger partial charge in [0.15, 0.2) is 0 Å². The summed E-state index contributed by atoms with van der Waals surface area (Å²) in [6.45, 7) is 3.80. The highest BCUT2D eigenvalue weighted by atomic mass is 16.5. The van der Waals surface area contributed by atoms with Crippen LogP contribution < -0.4 is 5.32 Å². The number of rotatable bonds is 5. The second-order valence-electron chi connectivity index (χ2n) is 5.94. The van der Waals surface area contributed by atoms with E-state index in [1.54, 1.807) is 0 Å². The molecule has 0 radical (unpaired) electrons. The van der Waals surface area contributed by atoms with Gasteiger partial charge in [0.05, 0.1) is 12.6 Å². The van der Waals surface area contributed by atoms with Crippen molar-refractivity contribution in [2.24, 2.45) is 5.41 Å². The first kappa shape index (κ1) is 13.1. The van der Waals surface area contributed by atoms with Gasteiger partial charge in [-0.05, 0) is 26.2 Å². The Morgan fingerprint density at radius 3 is 2.95 bits per heavy atom. The number of nitrogens with zero attached hydrogens (tertiary/aromatic N) is 1. The van der Waals surface area contributed by atoms with E-state index in [2.05, 4.69) is 22.2 Å². The van der Waals surface area contributed by atoms with Crippen LogP contribution in [-0.4, -0.2) is 28.7 Å². The fourth-order valence-corrected chi connectivity index (χ4v) is 3.96. The smallest absolute Gasteiger partial charge is 0.120 e. The average molecular weight is 263 g/mol. The van der Waals surface area contributed by atoms with Crippen LogP contribution >= 0.6 is 0 Å². The number of aromatic nitrogens is 2. The second kappa shape index (κ2) is 5.63. The van der Waals surface area contributed by atoms with Crippen molar-refractivity contribution in [3.8, 4) is 0 Å². The first-order valence-corrected chi connectivity index (χ1v) is 7.68. The highest BCUT2D eigenvalue weighted by Gasteiger charge is 2.55. The van der Waals surface area contributed by atoms with Crippen LogP contribution in [0.2, 0.25) is 0 Å². The fraction of sp³-hybridized carbons (Fsp3) is 0.800. The van der Waals surface area contributed by atoms with Crippen LogP contribution in [0.5, 0.6) is 0 Å². The van der Waals surface area contributed by atoms with Crippen LogP contribution in [0.25, 0.3) is 0 Å². The van der Waals surface area contributed by atoms with Crippen molar-refractivity contribution >= 4 is 0 Å². The van der Waals surface area contributed by atoms with E-state index in [1.165, 1.54) is 32.1 Å². The third-order valence-corrected chi connectivity index (χ3v) is 5.01. The quantitative estimate of drug-likeness (QED) is 0.858. The van der Waals surface area contributed by atoms with Gasteiger partial charge in [0.2, 0.25) is 0 Å². The van der Waals surface area contributed by atoms with Crippen LogP contribution in [0.15, 0.2) is 12.4 Å². The zero-order valence-electron chi connectivity index (χ0n) is 11.8. The Bertz CT molecular complexity index is 384. The molecule has 2 unspecified atom stereocenters. The predicted molar refractivity (Wildman–Crippen MR) is 74.8 cm³/mol. The summed E-state index contributed by atoms with van der Waals surface area (Å²) in [5, 5.41) is 3.70. The van der Waals surface area contributed by atoms with Crippen molar-refractivity contribution in [2.45, 2.75) is 64.1 Å². The van der Waals surface area contributed by atoms with Gasteiger partial charge in [0.25, 0.3) is 0 Å². The molecule has 0 aliphatic heterocycles. The summed E-state index contributed by atoms with van der Waals surface area (Å²) in [6.07, 6.45) is 12.1. The lowest BCUT2D eigenvalue weighted by Crippen LogP contribution is -2.64. The van der Waals surface area contributed by atoms with Crippen LogP contribution in [0, 0.1) is 5.41 Å². The maximum absolute atomic E-state index is 5.97. The Balaban J connectivity index is 1.61. The highest BCUT2D eigenvalue weighted by Crippen LogP contribution is 2.53. The Hall–Kier alpha value is -0.870. The molecule has 1 spiro atoms. The predicted octanol–water partition coefficient (Wildman–Crippen LogP) is 2.63. The van der Waals surface area contributed by atoms with E-state index in [9.17, 15) is 0 Å². The molecule has 106 valence electrons. The van der Waals surface area contributed by atoms with E-state index in [0.29, 0.717) is 17.6 Å². The summed E-state index contributed by atoms with van der Waals surface area (Å²) in [4.78, 5) is 7.45. The lowest BCUT2D eigenvalue weighted by molar-refractivity contribution is -0.150. The molecule has 2 fully saturated rings. The number of nitrogens with one attached hydrogen (secondary N) is 2. The van der Waals surface area contributed by atoms with Gasteiger partial charge in [0, 0.05) is 30.5 Å². The summed E-state index contributed by atoms with van der Waals surface area (Å²) < 4.78 is 5.97. The summed E-state index contributed by atoms with van der Waals surface area (Å²) in [6, 6.07) is 0.606. The second-order valence-corrected chi connectivity index (χ2v) is 5.94. The first-order valence-electron chi connectivity index (χ1n) is 7.68. The molecule has 2 saturated carbocycles. The highest BCUT2D eigenvalue weighted by molar-refractivity contribution is 5.09. The molecule has 3 rings (SSSR count). The molecule has 2 N–H and O–H groups in total. The van der Waals surface area contributed by atoms with Crippen molar-refractivity contribution in [3.05, 3.63) is 18.2 Å². The van der Waals surface area contributed by atoms with E-state index in [4.69, 9.17) is 4.74 Å². The minimum atomic E-state index is 0.404. The van der Waals surface area contributed by atoms with Crippen LogP contribution in [0.4, 0.5) is 0 Å². The molecule has 4 heteroatoms. The molecule has 0 aromatic carbocycles. The normalized spacial score (nSPS) is 29.3. The molecule has 1 aromatic heterocycles. The molecule has 2 atom stereocenters. The van der Waals surface area contributed by atoms with Gasteiger partial charge >= 0.3 is 0 Å². The molecule has 1 heterocycles. The average Bonchev–Trinajstić information content (AvgIpc) is 2.96. The van der Waals surface area contributed by atoms with Crippen LogP contribution in [-0.2, 0) is 11.3 Å². The maximum atomic E-state index is 5.97. The topological polar surface area (TPSA) is 49.9 Å². The standard InChI is InChI=1S/C15H25N3O/c1-2-19-13-10-12(15(13)6-4-3-5-7-15)18-11-14-16-8-9-17-14/h8-9,12-13,18H,2-7,10-11H2,1H3,(H,16,17). The fourth-order valence-electron chi connectivity index (χ4n) is 3.96. The van der Waals surface area contributed by atoms with E-state index in [1.807, 2.05) is 12.4 Å². The molecular formula is C15H25N3O. The maximum Gasteiger partial charge on any atom is 0.120 e. The SMILES string of the molecule is CCOC1CC(NCc2ncc[nH]2)C12CCCCC2. The Kier molecular flexibility index (Phi) is 3.89. The molecule has 4 nitrogen and oxygen atoms in total. The minimum absolute atomic E-state index is 0.404. The number of imidazole rings is 1. The Labute approximate surface area is 115 Å². The monoisotopic (exact) mass is 263 g/mol. The molecule has 2 aliphatic rings. The number of ether oxygens (including phenoxy) is 1. The minimum Gasteiger partial charge on any atom is -0.378 e. The number of hydrogen-bond donors (Lipinski definition) is 2. The van der Waals surface area contributed by atoms with E-state index < -0.39 is 0 Å². The van der Waals surface area contributed by atoms with E-state index in [-0.39, 0.29) is 0 Å². The van der Waals surface area contributed by atoms with Crippen molar-refractivity contribution in [2.75, 3.05) is 6.61 Å². The molecular weight excluding hydrogens is 238 g/mol. The van der Waals surface area contributed by atoms with Crippen molar-refractivity contribution < 1.29 is 4.74 Å². The zero-order chi connectivity index (χ0) is 13.1. The number of aromatic amines is 1. The molecule has 0 bridgehead atoms. The summed E-state index contributed by atoms with van der Waals surface area (Å²) in [5.41, 5.74) is 0.404. The van der Waals surface area contributed by atoms with Crippen molar-refractivity contribution in [1.82, 2.24) is 15.3 Å². The van der Waals surface area contributed by atoms with Gasteiger partial charge < -0.3 is 15.0 Å². The van der Waals surface area contributed by atoms with Crippen LogP contribution in [0.3, 0.4) is 0 Å². The van der Waals surface area contributed by atoms with Gasteiger partial charge in [-0.2, -0.15) is 0 Å². The lowest BCUT2D eigenvalue weighted by Gasteiger charge is -2.58. The molecule has 2 aliphatic carbocycles. The van der Waals surface area contributed by atoms with Gasteiger partial charge in [-0.1, -0.05) is 19.3 Å². The summed E-state index contributed by atoms with van der Waals surface area (Å²) in [5.74, 6) is 1.03. The van der Waals surface area contributed by atoms with Crippen molar-refractivity contribution in [1.29, 1.82) is 0 Å². The molecule has 1 aromatic rings. The first-order chi connectivity index (χ1) is 9.35. The Morgan fingerprint density at radius 2 is 2.26 bits per heavy atom. The lowest BCUT2D eigenvalue weighted by atomic mass is 9.55. The third kappa shape index (κ3) is 2.43. The van der Waals surface area contributed by atoms with Gasteiger partial charge in [-0.3, -0.25) is 0 Å². The van der Waals surface area contributed by atoms with Crippen LogP contribution in [0.1, 0.15) is 51.3 Å². The van der Waals surface area contributed by atoms with E-state index >= 15 is 0 Å². The van der Waals surface area contributed by atoms with Crippen molar-refractivity contribution in [3.63, 3.8) is 0 Å². The van der Waals surface area contributed by atoms with Gasteiger partial charge in [0.1, 0.15) is 5.82 Å². The third-order valence-electron chi connectivity index (χ3n) is 5.01. The summed E-state index contributed by atoms with van der Waals surface area (Å²) >= 11 is 0. The summed E-state index contributed by atoms with van der Waals surface area (Å²) in [7, 11) is 0. The number of H-pyrrole nitrogens is 1. The molecule has 0 amide bonds. The van der Waals surface area contributed by atoms with Gasteiger partial charge in [-0.15, -0.1) is 0 Å². The largest absolute Gasteiger partial charge is 0.378 e.